The van der Waals surface area contributed by atoms with Crippen LogP contribution in [0.5, 0.6) is 0 Å². The van der Waals surface area contributed by atoms with Crippen LogP contribution in [0.15, 0.2) is 17.0 Å². The Kier molecular flexibility index (Phi) is 5.00. The molecule has 112 valence electrons. The molecule has 8 heteroatoms. The van der Waals surface area contributed by atoms with Gasteiger partial charge in [-0.3, -0.25) is 0 Å². The number of hydrogen-bond donors (Lipinski definition) is 2. The number of rotatable bonds is 5. The highest BCUT2D eigenvalue weighted by molar-refractivity contribution is 7.99. The standard InChI is InChI=1S/C12H16F2N2O2S2/c1-15-6-8-4-10(13)12(14)11(5-8)20(17,18)16-9-2-3-19-7-9/h4-5,9,15-16H,2-3,6-7H2,1H3. The highest BCUT2D eigenvalue weighted by Gasteiger charge is 2.27. The summed E-state index contributed by atoms with van der Waals surface area (Å²) in [5, 5.41) is 2.77. The van der Waals surface area contributed by atoms with Crippen molar-refractivity contribution in [2.45, 2.75) is 23.9 Å². The van der Waals surface area contributed by atoms with Gasteiger partial charge in [0.2, 0.25) is 10.0 Å². The zero-order valence-corrected chi connectivity index (χ0v) is 12.6. The molecule has 1 saturated heterocycles. The van der Waals surface area contributed by atoms with Crippen LogP contribution in [0.2, 0.25) is 0 Å². The molecule has 0 saturated carbocycles. The van der Waals surface area contributed by atoms with Crippen molar-refractivity contribution >= 4 is 21.8 Å². The maximum atomic E-state index is 13.8. The second-order valence-electron chi connectivity index (χ2n) is 4.60. The molecule has 0 aromatic heterocycles. The van der Waals surface area contributed by atoms with Crippen LogP contribution in [0.3, 0.4) is 0 Å². The van der Waals surface area contributed by atoms with Crippen molar-refractivity contribution in [3.05, 3.63) is 29.3 Å². The minimum absolute atomic E-state index is 0.222. The lowest BCUT2D eigenvalue weighted by atomic mass is 10.2. The van der Waals surface area contributed by atoms with Gasteiger partial charge in [0.05, 0.1) is 0 Å². The first-order chi connectivity index (χ1) is 9.44. The van der Waals surface area contributed by atoms with Crippen molar-refractivity contribution in [3.63, 3.8) is 0 Å². The van der Waals surface area contributed by atoms with Gasteiger partial charge in [-0.1, -0.05) is 0 Å². The van der Waals surface area contributed by atoms with Gasteiger partial charge in [0, 0.05) is 18.3 Å². The van der Waals surface area contributed by atoms with Gasteiger partial charge in [-0.25, -0.2) is 21.9 Å². The fourth-order valence-electron chi connectivity index (χ4n) is 2.03. The molecule has 2 N–H and O–H groups in total. The maximum absolute atomic E-state index is 13.8. The van der Waals surface area contributed by atoms with Gasteiger partial charge < -0.3 is 5.32 Å². The summed E-state index contributed by atoms with van der Waals surface area (Å²) in [5.74, 6) is -0.967. The van der Waals surface area contributed by atoms with Crippen molar-refractivity contribution < 1.29 is 17.2 Å². The van der Waals surface area contributed by atoms with E-state index in [-0.39, 0.29) is 12.6 Å². The monoisotopic (exact) mass is 322 g/mol. The number of thioether (sulfide) groups is 1. The SMILES string of the molecule is CNCc1cc(F)c(F)c(S(=O)(=O)NC2CCSC2)c1. The molecule has 0 aliphatic carbocycles. The molecule has 1 atom stereocenters. The van der Waals surface area contributed by atoms with Gasteiger partial charge >= 0.3 is 0 Å². The van der Waals surface area contributed by atoms with Crippen molar-refractivity contribution in [1.82, 2.24) is 10.0 Å². The van der Waals surface area contributed by atoms with E-state index in [1.807, 2.05) is 0 Å². The molecule has 1 fully saturated rings. The first-order valence-electron chi connectivity index (χ1n) is 6.16. The quantitative estimate of drug-likeness (QED) is 0.862. The Morgan fingerprint density at radius 1 is 1.40 bits per heavy atom. The second-order valence-corrected chi connectivity index (χ2v) is 7.43. The fourth-order valence-corrected chi connectivity index (χ4v) is 4.69. The molecule has 4 nitrogen and oxygen atoms in total. The number of sulfonamides is 1. The summed E-state index contributed by atoms with van der Waals surface area (Å²) in [6.07, 6.45) is 0.699. The zero-order valence-electron chi connectivity index (χ0n) is 10.9. The Hall–Kier alpha value is -0.700. The van der Waals surface area contributed by atoms with Gasteiger partial charge in [0.1, 0.15) is 4.90 Å². The van der Waals surface area contributed by atoms with Gasteiger partial charge in [-0.2, -0.15) is 11.8 Å². The molecule has 20 heavy (non-hydrogen) atoms. The Morgan fingerprint density at radius 3 is 2.75 bits per heavy atom. The molecule has 0 amide bonds. The normalized spacial score (nSPS) is 19.4. The molecule has 1 aliphatic rings. The van der Waals surface area contributed by atoms with Crippen LogP contribution in [0, 0.1) is 11.6 Å². The van der Waals surface area contributed by atoms with Crippen LogP contribution in [-0.4, -0.2) is 33.0 Å². The van der Waals surface area contributed by atoms with Gasteiger partial charge in [-0.05, 0) is 36.9 Å². The average molecular weight is 322 g/mol. The molecule has 0 spiro atoms. The molecule has 1 unspecified atom stereocenters. The highest BCUT2D eigenvalue weighted by Crippen LogP contribution is 2.23. The first-order valence-corrected chi connectivity index (χ1v) is 8.80. The zero-order chi connectivity index (χ0) is 14.8. The minimum Gasteiger partial charge on any atom is -0.316 e. The third kappa shape index (κ3) is 3.49. The van der Waals surface area contributed by atoms with E-state index in [0.717, 1.165) is 11.8 Å². The van der Waals surface area contributed by atoms with Gasteiger partial charge in [0.15, 0.2) is 11.6 Å². The Bertz CT molecular complexity index is 587. The maximum Gasteiger partial charge on any atom is 0.243 e. The largest absolute Gasteiger partial charge is 0.316 e. The van der Waals surface area contributed by atoms with Crippen LogP contribution in [0.1, 0.15) is 12.0 Å². The third-order valence-electron chi connectivity index (χ3n) is 2.98. The number of benzene rings is 1. The Morgan fingerprint density at radius 2 is 2.15 bits per heavy atom. The van der Waals surface area contributed by atoms with Crippen LogP contribution in [-0.2, 0) is 16.6 Å². The molecule has 1 heterocycles. The van der Waals surface area contributed by atoms with E-state index in [9.17, 15) is 17.2 Å². The lowest BCUT2D eigenvalue weighted by molar-refractivity contribution is 0.479. The topological polar surface area (TPSA) is 58.2 Å². The van der Waals surface area contributed by atoms with E-state index >= 15 is 0 Å². The molecular weight excluding hydrogens is 306 g/mol. The summed E-state index contributed by atoms with van der Waals surface area (Å²) in [7, 11) is -2.40. The molecule has 1 aromatic carbocycles. The van der Waals surface area contributed by atoms with Crippen molar-refractivity contribution in [2.24, 2.45) is 0 Å². The molecule has 0 radical (unpaired) electrons. The third-order valence-corrected chi connectivity index (χ3v) is 5.66. The van der Waals surface area contributed by atoms with E-state index in [1.54, 1.807) is 18.8 Å². The summed E-state index contributed by atoms with van der Waals surface area (Å²) >= 11 is 1.63. The summed E-state index contributed by atoms with van der Waals surface area (Å²) < 4.78 is 54.1. The van der Waals surface area contributed by atoms with Gasteiger partial charge in [-0.15, -0.1) is 0 Å². The first kappa shape index (κ1) is 15.7. The predicted octanol–water partition coefficient (Wildman–Crippen LogP) is 1.47. The summed E-state index contributed by atoms with van der Waals surface area (Å²) in [6, 6.07) is 1.94. The highest BCUT2D eigenvalue weighted by atomic mass is 32.2. The lowest BCUT2D eigenvalue weighted by Crippen LogP contribution is -2.35. The molecule has 1 aliphatic heterocycles. The number of halogens is 2. The Labute approximate surface area is 121 Å². The summed E-state index contributed by atoms with van der Waals surface area (Å²) in [4.78, 5) is -0.625. The van der Waals surface area contributed by atoms with E-state index in [1.165, 1.54) is 6.07 Å². The van der Waals surface area contributed by atoms with E-state index in [4.69, 9.17) is 0 Å². The second kappa shape index (κ2) is 6.38. The summed E-state index contributed by atoms with van der Waals surface area (Å²) in [6.45, 7) is 0.263. The van der Waals surface area contributed by atoms with E-state index in [2.05, 4.69) is 10.0 Å². The van der Waals surface area contributed by atoms with Crippen molar-refractivity contribution in [2.75, 3.05) is 18.6 Å². The van der Waals surface area contributed by atoms with Gasteiger partial charge in [0.25, 0.3) is 0 Å². The molecule has 0 bridgehead atoms. The lowest BCUT2D eigenvalue weighted by Gasteiger charge is -2.14. The van der Waals surface area contributed by atoms with Crippen molar-refractivity contribution in [1.29, 1.82) is 0 Å². The predicted molar refractivity (Wildman–Crippen MR) is 75.2 cm³/mol. The van der Waals surface area contributed by atoms with Crippen molar-refractivity contribution in [3.8, 4) is 0 Å². The average Bonchev–Trinajstić information content (AvgIpc) is 2.85. The van der Waals surface area contributed by atoms with Crippen LogP contribution in [0.4, 0.5) is 8.78 Å². The van der Waals surface area contributed by atoms with Crippen LogP contribution < -0.4 is 10.0 Å². The molecule has 2 rings (SSSR count). The minimum atomic E-state index is -4.04. The fraction of sp³-hybridized carbons (Fsp3) is 0.500. The van der Waals surface area contributed by atoms with E-state index < -0.39 is 26.6 Å². The molecule has 1 aromatic rings. The van der Waals surface area contributed by atoms with E-state index in [0.29, 0.717) is 17.7 Å². The summed E-state index contributed by atoms with van der Waals surface area (Å²) in [5.41, 5.74) is 0.382. The molecular formula is C12H16F2N2O2S2. The van der Waals surface area contributed by atoms with Crippen LogP contribution in [0.25, 0.3) is 0 Å². The number of nitrogens with one attached hydrogen (secondary N) is 2. The van der Waals surface area contributed by atoms with Crippen LogP contribution >= 0.6 is 11.8 Å². The smallest absolute Gasteiger partial charge is 0.243 e. The number of hydrogen-bond acceptors (Lipinski definition) is 4. The Balaban J connectivity index is 2.33.